The minimum Gasteiger partial charge on any atom is -0.493 e. The Morgan fingerprint density at radius 2 is 1.85 bits per heavy atom. The van der Waals surface area contributed by atoms with E-state index in [1.54, 1.807) is 25.3 Å². The fourth-order valence-electron chi connectivity index (χ4n) is 3.38. The van der Waals surface area contributed by atoms with Crippen LogP contribution < -0.4 is 9.47 Å². The first kappa shape index (κ1) is 25.8. The molecule has 6 nitrogen and oxygen atoms in total. The van der Waals surface area contributed by atoms with Gasteiger partial charge < -0.3 is 14.2 Å². The van der Waals surface area contributed by atoms with Gasteiger partial charge in [-0.3, -0.25) is 9.69 Å². The fraction of sp³-hybridized carbons (Fsp3) is 0.346. The Labute approximate surface area is 210 Å². The van der Waals surface area contributed by atoms with Crippen molar-refractivity contribution in [3.8, 4) is 11.5 Å². The van der Waals surface area contributed by atoms with Crippen molar-refractivity contribution in [1.82, 2.24) is 4.90 Å². The second kappa shape index (κ2) is 12.6. The topological polar surface area (TPSA) is 65.1 Å². The summed E-state index contributed by atoms with van der Waals surface area (Å²) in [7, 11) is 1.58. The summed E-state index contributed by atoms with van der Waals surface area (Å²) >= 11 is 6.69. The Morgan fingerprint density at radius 1 is 1.09 bits per heavy atom. The number of hydrogen-bond acceptors (Lipinski definition) is 7. The second-order valence-corrected chi connectivity index (χ2v) is 9.32. The average molecular weight is 500 g/mol. The quantitative estimate of drug-likeness (QED) is 0.168. The number of unbranched alkanes of at least 4 members (excludes halogenated alkanes) is 1. The first-order valence-corrected chi connectivity index (χ1v) is 12.5. The number of methoxy groups -OCH3 is 1. The molecule has 180 valence electrons. The van der Waals surface area contributed by atoms with Crippen LogP contribution in [-0.4, -0.2) is 41.4 Å². The predicted octanol–water partition coefficient (Wildman–Crippen LogP) is 5.77. The zero-order valence-electron chi connectivity index (χ0n) is 19.6. The van der Waals surface area contributed by atoms with E-state index < -0.39 is 12.0 Å². The molecule has 8 heteroatoms. The standard InChI is InChI=1S/C26H29NO5S2/c1-4-6-15-31-20-13-12-18(16-21(20)30-3)17-22-24(28)27(26(33)34-22)23(25(29)32-14-5-2)19-10-8-7-9-11-19/h7-13,16-17,23H,4-6,14-15H2,1-3H3/b22-17-. The Hall–Kier alpha value is -2.84. The van der Waals surface area contributed by atoms with Crippen LogP contribution in [0.1, 0.15) is 50.3 Å². The number of esters is 1. The van der Waals surface area contributed by atoms with E-state index >= 15 is 0 Å². The van der Waals surface area contributed by atoms with Gasteiger partial charge in [-0.1, -0.05) is 80.6 Å². The molecule has 2 aromatic carbocycles. The average Bonchev–Trinajstić information content (AvgIpc) is 3.12. The molecule has 0 radical (unpaired) electrons. The van der Waals surface area contributed by atoms with Gasteiger partial charge in [-0.05, 0) is 42.2 Å². The lowest BCUT2D eigenvalue weighted by Gasteiger charge is -2.25. The smallest absolute Gasteiger partial charge is 0.333 e. The van der Waals surface area contributed by atoms with E-state index in [9.17, 15) is 9.59 Å². The van der Waals surface area contributed by atoms with E-state index in [2.05, 4.69) is 6.92 Å². The highest BCUT2D eigenvalue weighted by atomic mass is 32.2. The summed E-state index contributed by atoms with van der Waals surface area (Å²) in [5, 5.41) is 0. The molecule has 1 aliphatic heterocycles. The number of ether oxygens (including phenoxy) is 3. The molecule has 0 bridgehead atoms. The third-order valence-corrected chi connectivity index (χ3v) is 6.44. The van der Waals surface area contributed by atoms with Crippen LogP contribution in [0.2, 0.25) is 0 Å². The van der Waals surface area contributed by atoms with Crippen LogP contribution in [0.4, 0.5) is 0 Å². The highest BCUT2D eigenvalue weighted by molar-refractivity contribution is 8.26. The first-order chi connectivity index (χ1) is 16.5. The number of benzene rings is 2. The van der Waals surface area contributed by atoms with Crippen molar-refractivity contribution < 1.29 is 23.8 Å². The molecule has 1 unspecified atom stereocenters. The fourth-order valence-corrected chi connectivity index (χ4v) is 4.69. The number of thiocarbonyl (C=S) groups is 1. The van der Waals surface area contributed by atoms with Gasteiger partial charge in [0.05, 0.1) is 25.2 Å². The summed E-state index contributed by atoms with van der Waals surface area (Å²) in [5.41, 5.74) is 1.42. The van der Waals surface area contributed by atoms with Crippen LogP contribution in [0.25, 0.3) is 6.08 Å². The molecular formula is C26H29NO5S2. The highest BCUT2D eigenvalue weighted by Crippen LogP contribution is 2.39. The molecule has 0 aliphatic carbocycles. The molecule has 0 spiro atoms. The summed E-state index contributed by atoms with van der Waals surface area (Å²) < 4.78 is 17.0. The van der Waals surface area contributed by atoms with E-state index in [0.29, 0.717) is 39.3 Å². The number of thioether (sulfide) groups is 1. The molecule has 1 fully saturated rings. The molecule has 0 aromatic heterocycles. The molecule has 34 heavy (non-hydrogen) atoms. The number of amides is 1. The largest absolute Gasteiger partial charge is 0.493 e. The summed E-state index contributed by atoms with van der Waals surface area (Å²) in [6, 6.07) is 13.7. The van der Waals surface area contributed by atoms with E-state index in [4.69, 9.17) is 26.4 Å². The third-order valence-electron chi connectivity index (χ3n) is 5.11. The maximum absolute atomic E-state index is 13.4. The van der Waals surface area contributed by atoms with Gasteiger partial charge >= 0.3 is 5.97 Å². The van der Waals surface area contributed by atoms with Gasteiger partial charge in [0.2, 0.25) is 0 Å². The van der Waals surface area contributed by atoms with E-state index in [1.165, 1.54) is 4.90 Å². The van der Waals surface area contributed by atoms with Gasteiger partial charge in [-0.25, -0.2) is 4.79 Å². The van der Waals surface area contributed by atoms with Crippen LogP contribution in [0, 0.1) is 0 Å². The second-order valence-electron chi connectivity index (χ2n) is 7.64. The molecule has 0 N–H and O–H groups in total. The van der Waals surface area contributed by atoms with Crippen molar-refractivity contribution >= 4 is 46.3 Å². The van der Waals surface area contributed by atoms with Crippen molar-refractivity contribution in [2.75, 3.05) is 20.3 Å². The summed E-state index contributed by atoms with van der Waals surface area (Å²) in [4.78, 5) is 28.1. The maximum Gasteiger partial charge on any atom is 0.333 e. The molecule has 3 rings (SSSR count). The maximum atomic E-state index is 13.4. The van der Waals surface area contributed by atoms with E-state index in [-0.39, 0.29) is 12.5 Å². The Balaban J connectivity index is 1.88. The van der Waals surface area contributed by atoms with Crippen LogP contribution >= 0.6 is 24.0 Å². The van der Waals surface area contributed by atoms with Crippen molar-refractivity contribution in [1.29, 1.82) is 0 Å². The number of carbonyl (C=O) groups is 2. The predicted molar refractivity (Wildman–Crippen MR) is 139 cm³/mol. The van der Waals surface area contributed by atoms with Crippen LogP contribution in [-0.2, 0) is 14.3 Å². The SMILES string of the molecule is CCCCOc1ccc(/C=C2\SC(=S)N(C(C(=O)OCCC)c3ccccc3)C2=O)cc1OC. The minimum atomic E-state index is -0.935. The summed E-state index contributed by atoms with van der Waals surface area (Å²) in [6.07, 6.45) is 4.43. The van der Waals surface area contributed by atoms with Gasteiger partial charge in [0.1, 0.15) is 4.32 Å². The molecule has 1 atom stereocenters. The summed E-state index contributed by atoms with van der Waals surface area (Å²) in [6.45, 7) is 4.91. The van der Waals surface area contributed by atoms with Gasteiger partial charge in [0.15, 0.2) is 17.5 Å². The number of carbonyl (C=O) groups excluding carboxylic acids is 2. The number of hydrogen-bond donors (Lipinski definition) is 0. The molecule has 0 saturated carbocycles. The molecule has 1 amide bonds. The van der Waals surface area contributed by atoms with Crippen molar-refractivity contribution in [3.05, 3.63) is 64.6 Å². The highest BCUT2D eigenvalue weighted by Gasteiger charge is 2.42. The normalized spacial score (nSPS) is 15.5. The zero-order chi connectivity index (χ0) is 24.5. The van der Waals surface area contributed by atoms with Gasteiger partial charge in [-0.2, -0.15) is 0 Å². The monoisotopic (exact) mass is 499 g/mol. The third kappa shape index (κ3) is 6.18. The Bertz CT molecular complexity index is 1050. The lowest BCUT2D eigenvalue weighted by molar-refractivity contribution is -0.151. The van der Waals surface area contributed by atoms with E-state index in [0.717, 1.165) is 30.2 Å². The van der Waals surface area contributed by atoms with Crippen LogP contribution in [0.15, 0.2) is 53.4 Å². The lowest BCUT2D eigenvalue weighted by atomic mass is 10.1. The van der Waals surface area contributed by atoms with Crippen molar-refractivity contribution in [3.63, 3.8) is 0 Å². The zero-order valence-corrected chi connectivity index (χ0v) is 21.2. The first-order valence-electron chi connectivity index (χ1n) is 11.3. The number of rotatable bonds is 11. The Morgan fingerprint density at radius 3 is 2.53 bits per heavy atom. The molecule has 1 heterocycles. The Kier molecular flexibility index (Phi) is 9.53. The molecule has 1 saturated heterocycles. The lowest BCUT2D eigenvalue weighted by Crippen LogP contribution is -2.38. The van der Waals surface area contributed by atoms with Gasteiger partial charge in [0, 0.05) is 0 Å². The van der Waals surface area contributed by atoms with Crippen LogP contribution in [0.3, 0.4) is 0 Å². The molecular weight excluding hydrogens is 470 g/mol. The number of nitrogens with zero attached hydrogens (tertiary/aromatic N) is 1. The summed E-state index contributed by atoms with van der Waals surface area (Å²) in [5.74, 6) is 0.412. The van der Waals surface area contributed by atoms with Crippen molar-refractivity contribution in [2.45, 2.75) is 39.2 Å². The van der Waals surface area contributed by atoms with Crippen LogP contribution in [0.5, 0.6) is 11.5 Å². The van der Waals surface area contributed by atoms with Gasteiger partial charge in [0.25, 0.3) is 5.91 Å². The van der Waals surface area contributed by atoms with Crippen molar-refractivity contribution in [2.24, 2.45) is 0 Å². The minimum absolute atomic E-state index is 0.277. The van der Waals surface area contributed by atoms with E-state index in [1.807, 2.05) is 43.3 Å². The van der Waals surface area contributed by atoms with Gasteiger partial charge in [-0.15, -0.1) is 0 Å². The molecule has 2 aromatic rings. The molecule has 1 aliphatic rings.